The first-order valence-corrected chi connectivity index (χ1v) is 7.06. The Morgan fingerprint density at radius 2 is 1.53 bits per heavy atom. The van der Waals surface area contributed by atoms with Crippen LogP contribution in [0.25, 0.3) is 0 Å². The van der Waals surface area contributed by atoms with Crippen molar-refractivity contribution >= 4 is 0 Å². The Bertz CT molecular complexity index is 336. The lowest BCUT2D eigenvalue weighted by Crippen LogP contribution is -1.95. The Kier molecular flexibility index (Phi) is 6.32. The minimum atomic E-state index is 1.23. The van der Waals surface area contributed by atoms with Crippen LogP contribution in [0.5, 0.6) is 0 Å². The fourth-order valence-electron chi connectivity index (χ4n) is 2.28. The van der Waals surface area contributed by atoms with Gasteiger partial charge in [-0.15, -0.1) is 0 Å². The number of benzene rings is 1. The summed E-state index contributed by atoms with van der Waals surface area (Å²) in [5, 5.41) is 0. The second kappa shape index (κ2) is 7.53. The van der Waals surface area contributed by atoms with Crippen LogP contribution in [0.15, 0.2) is 12.1 Å². The zero-order chi connectivity index (χ0) is 12.7. The number of hydrogen-bond acceptors (Lipinski definition) is 0. The third-order valence-corrected chi connectivity index (χ3v) is 3.66. The molecule has 95 valence electrons. The molecule has 0 aliphatic heterocycles. The highest BCUT2D eigenvalue weighted by atomic mass is 14.1. The quantitative estimate of drug-likeness (QED) is 0.542. The number of hydrogen-bond donors (Lipinski definition) is 0. The van der Waals surface area contributed by atoms with E-state index < -0.39 is 0 Å². The maximum atomic E-state index is 2.43. The molecule has 1 rings (SSSR count). The highest BCUT2D eigenvalue weighted by Crippen LogP contribution is 2.21. The molecule has 1 aromatic carbocycles. The maximum Gasteiger partial charge on any atom is -0.00875 e. The predicted molar refractivity (Wildman–Crippen MR) is 77.4 cm³/mol. The van der Waals surface area contributed by atoms with E-state index in [1.54, 1.807) is 0 Å². The molecule has 1 radical (unpaired) electrons. The lowest BCUT2D eigenvalue weighted by atomic mass is 9.94. The van der Waals surface area contributed by atoms with Gasteiger partial charge in [0.1, 0.15) is 0 Å². The first-order chi connectivity index (χ1) is 8.16. The molecule has 1 aromatic rings. The predicted octanol–water partition coefficient (Wildman–Crippen LogP) is 5.52. The molecular formula is C17H27. The summed E-state index contributed by atoms with van der Waals surface area (Å²) in [6, 6.07) is 4.47. The van der Waals surface area contributed by atoms with Crippen molar-refractivity contribution in [2.75, 3.05) is 0 Å². The van der Waals surface area contributed by atoms with Gasteiger partial charge in [-0.1, -0.05) is 51.2 Å². The summed E-state index contributed by atoms with van der Waals surface area (Å²) in [4.78, 5) is 0. The first kappa shape index (κ1) is 14.3. The van der Waals surface area contributed by atoms with E-state index >= 15 is 0 Å². The fraction of sp³-hybridized carbons (Fsp3) is 0.588. The van der Waals surface area contributed by atoms with Crippen LogP contribution in [-0.2, 0) is 0 Å². The smallest absolute Gasteiger partial charge is 0.00875 e. The summed E-state index contributed by atoms with van der Waals surface area (Å²) >= 11 is 0. The van der Waals surface area contributed by atoms with Gasteiger partial charge in [0.2, 0.25) is 0 Å². The van der Waals surface area contributed by atoms with Crippen molar-refractivity contribution in [2.24, 2.45) is 0 Å². The van der Waals surface area contributed by atoms with E-state index in [1.165, 1.54) is 60.8 Å². The molecule has 0 saturated heterocycles. The van der Waals surface area contributed by atoms with E-state index in [0.717, 1.165) is 0 Å². The minimum absolute atomic E-state index is 1.23. The molecule has 0 bridgehead atoms. The SMILES string of the molecule is CCCCCCC[CH]c1c(C)ccc(C)c1C. The Morgan fingerprint density at radius 3 is 2.24 bits per heavy atom. The van der Waals surface area contributed by atoms with Gasteiger partial charge in [-0.05, 0) is 55.9 Å². The van der Waals surface area contributed by atoms with E-state index in [4.69, 9.17) is 0 Å². The maximum absolute atomic E-state index is 2.43. The summed E-state index contributed by atoms with van der Waals surface area (Å²) in [5.41, 5.74) is 5.76. The highest BCUT2D eigenvalue weighted by molar-refractivity contribution is 5.43. The van der Waals surface area contributed by atoms with Crippen LogP contribution in [0.3, 0.4) is 0 Å². The van der Waals surface area contributed by atoms with Gasteiger partial charge in [-0.3, -0.25) is 0 Å². The van der Waals surface area contributed by atoms with Crippen LogP contribution >= 0.6 is 0 Å². The van der Waals surface area contributed by atoms with E-state index in [2.05, 4.69) is 46.2 Å². The monoisotopic (exact) mass is 231 g/mol. The average molecular weight is 231 g/mol. The number of unbranched alkanes of at least 4 members (excludes halogenated alkanes) is 5. The molecular weight excluding hydrogens is 204 g/mol. The van der Waals surface area contributed by atoms with Crippen molar-refractivity contribution in [3.05, 3.63) is 40.8 Å². The summed E-state index contributed by atoms with van der Waals surface area (Å²) in [6.07, 6.45) is 10.5. The minimum Gasteiger partial charge on any atom is -0.0654 e. The van der Waals surface area contributed by atoms with Crippen LogP contribution in [0.1, 0.15) is 67.7 Å². The number of rotatable bonds is 7. The van der Waals surface area contributed by atoms with E-state index in [1.807, 2.05) is 0 Å². The molecule has 0 fully saturated rings. The molecule has 0 spiro atoms. The zero-order valence-corrected chi connectivity index (χ0v) is 12.0. The van der Waals surface area contributed by atoms with Crippen molar-refractivity contribution < 1.29 is 0 Å². The second-order valence-electron chi connectivity index (χ2n) is 5.15. The second-order valence-corrected chi connectivity index (χ2v) is 5.15. The summed E-state index contributed by atoms with van der Waals surface area (Å²) < 4.78 is 0. The molecule has 0 heteroatoms. The third kappa shape index (κ3) is 4.53. The van der Waals surface area contributed by atoms with Gasteiger partial charge in [0.05, 0.1) is 0 Å². The highest BCUT2D eigenvalue weighted by Gasteiger charge is 2.04. The molecule has 0 heterocycles. The van der Waals surface area contributed by atoms with E-state index in [0.29, 0.717) is 0 Å². The van der Waals surface area contributed by atoms with Crippen molar-refractivity contribution in [3.63, 3.8) is 0 Å². The Morgan fingerprint density at radius 1 is 0.882 bits per heavy atom. The van der Waals surface area contributed by atoms with Crippen LogP contribution < -0.4 is 0 Å². The molecule has 0 aliphatic rings. The van der Waals surface area contributed by atoms with Gasteiger partial charge in [-0.2, -0.15) is 0 Å². The molecule has 0 atom stereocenters. The number of aryl methyl sites for hydroxylation is 2. The van der Waals surface area contributed by atoms with Crippen molar-refractivity contribution in [1.29, 1.82) is 0 Å². The van der Waals surface area contributed by atoms with E-state index in [9.17, 15) is 0 Å². The molecule has 0 nitrogen and oxygen atoms in total. The molecule has 0 unspecified atom stereocenters. The lowest BCUT2D eigenvalue weighted by molar-refractivity contribution is 0.631. The van der Waals surface area contributed by atoms with Gasteiger partial charge >= 0.3 is 0 Å². The molecule has 0 saturated carbocycles. The van der Waals surface area contributed by atoms with Gasteiger partial charge in [0.25, 0.3) is 0 Å². The lowest BCUT2D eigenvalue weighted by Gasteiger charge is -2.11. The summed E-state index contributed by atoms with van der Waals surface area (Å²) in [7, 11) is 0. The van der Waals surface area contributed by atoms with Crippen LogP contribution in [0, 0.1) is 27.2 Å². The Hall–Kier alpha value is -0.780. The average Bonchev–Trinajstić information content (AvgIpc) is 2.32. The van der Waals surface area contributed by atoms with Crippen LogP contribution in [-0.4, -0.2) is 0 Å². The molecule has 0 aliphatic carbocycles. The van der Waals surface area contributed by atoms with Gasteiger partial charge in [0, 0.05) is 0 Å². The van der Waals surface area contributed by atoms with Crippen LogP contribution in [0.2, 0.25) is 0 Å². The molecule has 0 aromatic heterocycles. The Balaban J connectivity index is 2.39. The topological polar surface area (TPSA) is 0 Å². The first-order valence-electron chi connectivity index (χ1n) is 7.06. The summed E-state index contributed by atoms with van der Waals surface area (Å²) in [5.74, 6) is 0. The summed E-state index contributed by atoms with van der Waals surface area (Å²) in [6.45, 7) is 8.93. The molecule has 0 amide bonds. The Labute approximate surface area is 107 Å². The largest absolute Gasteiger partial charge is 0.0654 e. The molecule has 17 heavy (non-hydrogen) atoms. The van der Waals surface area contributed by atoms with Gasteiger partial charge < -0.3 is 0 Å². The van der Waals surface area contributed by atoms with Crippen LogP contribution in [0.4, 0.5) is 0 Å². The zero-order valence-electron chi connectivity index (χ0n) is 12.0. The van der Waals surface area contributed by atoms with Gasteiger partial charge in [-0.25, -0.2) is 0 Å². The fourth-order valence-corrected chi connectivity index (χ4v) is 2.28. The van der Waals surface area contributed by atoms with E-state index in [-0.39, 0.29) is 0 Å². The van der Waals surface area contributed by atoms with Crippen molar-refractivity contribution in [3.8, 4) is 0 Å². The molecule has 0 N–H and O–H groups in total. The standard InChI is InChI=1S/C17H27/c1-5-6-7-8-9-10-11-17-15(3)13-12-14(2)16(17)4/h11-13H,5-10H2,1-4H3. The van der Waals surface area contributed by atoms with Gasteiger partial charge in [0.15, 0.2) is 0 Å². The normalized spacial score (nSPS) is 10.8. The third-order valence-electron chi connectivity index (χ3n) is 3.66. The van der Waals surface area contributed by atoms with Crippen molar-refractivity contribution in [1.82, 2.24) is 0 Å². The van der Waals surface area contributed by atoms with Crippen molar-refractivity contribution in [2.45, 2.75) is 66.2 Å².